The van der Waals surface area contributed by atoms with Crippen molar-refractivity contribution in [3.05, 3.63) is 53.4 Å². The van der Waals surface area contributed by atoms with Crippen molar-refractivity contribution in [2.24, 2.45) is 0 Å². The van der Waals surface area contributed by atoms with Gasteiger partial charge in [0.1, 0.15) is 0 Å². The molecule has 2 N–H and O–H groups in total. The quantitative estimate of drug-likeness (QED) is 0.713. The van der Waals surface area contributed by atoms with Gasteiger partial charge >= 0.3 is 0 Å². The second-order valence-electron chi connectivity index (χ2n) is 5.72. The molecule has 2 heterocycles. The minimum absolute atomic E-state index is 0.207. The molecule has 0 atom stereocenters. The van der Waals surface area contributed by atoms with E-state index in [1.165, 1.54) is 24.3 Å². The average molecular weight is 375 g/mol. The lowest BCUT2D eigenvalue weighted by molar-refractivity contribution is 0.102. The van der Waals surface area contributed by atoms with Crippen LogP contribution in [0.15, 0.2) is 52.7 Å². The van der Waals surface area contributed by atoms with Crippen LogP contribution in [0.3, 0.4) is 0 Å². The van der Waals surface area contributed by atoms with Gasteiger partial charge in [-0.25, -0.2) is 8.42 Å². The molecule has 3 aromatic rings. The van der Waals surface area contributed by atoms with Crippen LogP contribution in [0.4, 0.5) is 5.82 Å². The molecule has 8 heteroatoms. The average Bonchev–Trinajstić information content (AvgIpc) is 3.26. The van der Waals surface area contributed by atoms with E-state index < -0.39 is 15.1 Å². The summed E-state index contributed by atoms with van der Waals surface area (Å²) in [7, 11) is -3.35. The number of H-pyrrole nitrogens is 1. The van der Waals surface area contributed by atoms with E-state index in [2.05, 4.69) is 15.5 Å². The molecule has 0 bridgehead atoms. The fourth-order valence-electron chi connectivity index (χ4n) is 2.20. The lowest BCUT2D eigenvalue weighted by Gasteiger charge is -2.08. The monoisotopic (exact) mass is 375 g/mol. The van der Waals surface area contributed by atoms with Crippen molar-refractivity contribution >= 4 is 32.9 Å². The molecule has 0 spiro atoms. The van der Waals surface area contributed by atoms with Gasteiger partial charge in [0.15, 0.2) is 15.7 Å². The number of benzene rings is 1. The molecule has 25 heavy (non-hydrogen) atoms. The standard InChI is InChI=1S/C17H17N3O3S2/c1-11(2)25(22,23)13-7-5-12(6-8-13)17(21)18-16-10-14(19-20-16)15-4-3-9-24-15/h3-11H,1-2H3,(H2,18,19,20,21). The Balaban J connectivity index is 1.74. The Morgan fingerprint density at radius 1 is 1.20 bits per heavy atom. The van der Waals surface area contributed by atoms with Gasteiger partial charge in [0.2, 0.25) is 0 Å². The Hall–Kier alpha value is -2.45. The fraction of sp³-hybridized carbons (Fsp3) is 0.176. The fourth-order valence-corrected chi connectivity index (χ4v) is 3.95. The highest BCUT2D eigenvalue weighted by Crippen LogP contribution is 2.24. The van der Waals surface area contributed by atoms with Gasteiger partial charge in [-0.05, 0) is 49.6 Å². The lowest BCUT2D eigenvalue weighted by atomic mass is 10.2. The van der Waals surface area contributed by atoms with Crippen molar-refractivity contribution in [2.45, 2.75) is 24.0 Å². The van der Waals surface area contributed by atoms with Crippen LogP contribution in [0.2, 0.25) is 0 Å². The highest BCUT2D eigenvalue weighted by atomic mass is 32.2. The first-order valence-electron chi connectivity index (χ1n) is 7.62. The van der Waals surface area contributed by atoms with Crippen LogP contribution >= 0.6 is 11.3 Å². The number of amides is 1. The summed E-state index contributed by atoms with van der Waals surface area (Å²) in [5, 5.41) is 11.1. The van der Waals surface area contributed by atoms with Crippen LogP contribution in [-0.2, 0) is 9.84 Å². The third-order valence-corrected chi connectivity index (χ3v) is 6.75. The van der Waals surface area contributed by atoms with Gasteiger partial charge in [0, 0.05) is 11.6 Å². The largest absolute Gasteiger partial charge is 0.305 e. The number of rotatable bonds is 5. The second kappa shape index (κ2) is 6.81. The molecule has 2 aromatic heterocycles. The number of nitrogens with zero attached hydrogens (tertiary/aromatic N) is 1. The summed E-state index contributed by atoms with van der Waals surface area (Å²) in [5.74, 6) is 0.0602. The van der Waals surface area contributed by atoms with Gasteiger partial charge in [-0.15, -0.1) is 11.3 Å². The molecular weight excluding hydrogens is 358 g/mol. The van der Waals surface area contributed by atoms with Crippen LogP contribution < -0.4 is 5.32 Å². The molecule has 0 saturated heterocycles. The number of sulfone groups is 1. The summed E-state index contributed by atoms with van der Waals surface area (Å²) in [6.45, 7) is 3.25. The Morgan fingerprint density at radius 3 is 2.52 bits per heavy atom. The first-order chi connectivity index (χ1) is 11.9. The third kappa shape index (κ3) is 3.64. The summed E-state index contributed by atoms with van der Waals surface area (Å²) < 4.78 is 24.2. The first-order valence-corrected chi connectivity index (χ1v) is 10.0. The minimum atomic E-state index is -3.35. The zero-order chi connectivity index (χ0) is 18.0. The maximum Gasteiger partial charge on any atom is 0.256 e. The highest BCUT2D eigenvalue weighted by Gasteiger charge is 2.19. The molecule has 0 unspecified atom stereocenters. The number of aromatic amines is 1. The van der Waals surface area contributed by atoms with Crippen molar-refractivity contribution in [3.8, 4) is 10.6 Å². The maximum absolute atomic E-state index is 12.3. The number of carbonyl (C=O) groups excluding carboxylic acids is 1. The van der Waals surface area contributed by atoms with E-state index >= 15 is 0 Å². The van der Waals surface area contributed by atoms with E-state index in [9.17, 15) is 13.2 Å². The minimum Gasteiger partial charge on any atom is -0.305 e. The smallest absolute Gasteiger partial charge is 0.256 e. The van der Waals surface area contributed by atoms with Crippen molar-refractivity contribution in [1.82, 2.24) is 10.2 Å². The van der Waals surface area contributed by atoms with E-state index in [1.807, 2.05) is 17.5 Å². The molecule has 0 radical (unpaired) electrons. The van der Waals surface area contributed by atoms with Gasteiger partial charge in [0.05, 0.1) is 20.7 Å². The van der Waals surface area contributed by atoms with Crippen molar-refractivity contribution in [1.29, 1.82) is 0 Å². The van der Waals surface area contributed by atoms with Crippen molar-refractivity contribution in [2.75, 3.05) is 5.32 Å². The number of hydrogen-bond donors (Lipinski definition) is 2. The molecule has 1 aromatic carbocycles. The Kier molecular flexibility index (Phi) is 4.73. The van der Waals surface area contributed by atoms with Gasteiger partial charge in [-0.2, -0.15) is 5.10 Å². The molecule has 3 rings (SSSR count). The van der Waals surface area contributed by atoms with E-state index in [4.69, 9.17) is 0 Å². The van der Waals surface area contributed by atoms with Crippen LogP contribution in [0.25, 0.3) is 10.6 Å². The first kappa shape index (κ1) is 17.4. The zero-order valence-corrected chi connectivity index (χ0v) is 15.3. The molecule has 0 aliphatic heterocycles. The molecular formula is C17H17N3O3S2. The predicted octanol–water partition coefficient (Wildman–Crippen LogP) is 3.57. The van der Waals surface area contributed by atoms with Crippen LogP contribution in [0.5, 0.6) is 0 Å². The van der Waals surface area contributed by atoms with Gasteiger partial charge < -0.3 is 5.32 Å². The van der Waals surface area contributed by atoms with Gasteiger partial charge in [-0.3, -0.25) is 9.89 Å². The Bertz CT molecular complexity index is 973. The Morgan fingerprint density at radius 2 is 1.92 bits per heavy atom. The van der Waals surface area contributed by atoms with Gasteiger partial charge in [0.25, 0.3) is 5.91 Å². The summed E-state index contributed by atoms with van der Waals surface area (Å²) in [6.07, 6.45) is 0. The van der Waals surface area contributed by atoms with E-state index in [0.29, 0.717) is 11.4 Å². The van der Waals surface area contributed by atoms with Crippen molar-refractivity contribution < 1.29 is 13.2 Å². The highest BCUT2D eigenvalue weighted by molar-refractivity contribution is 7.92. The van der Waals surface area contributed by atoms with Crippen molar-refractivity contribution in [3.63, 3.8) is 0 Å². The van der Waals surface area contributed by atoms with E-state index in [0.717, 1.165) is 10.6 Å². The summed E-state index contributed by atoms with van der Waals surface area (Å²) in [5.41, 5.74) is 1.19. The summed E-state index contributed by atoms with van der Waals surface area (Å²) in [4.78, 5) is 13.5. The van der Waals surface area contributed by atoms with Crippen LogP contribution in [0, 0.1) is 0 Å². The Labute approximate surface area is 149 Å². The van der Waals surface area contributed by atoms with E-state index in [-0.39, 0.29) is 10.8 Å². The number of anilines is 1. The predicted molar refractivity (Wildman–Crippen MR) is 98.6 cm³/mol. The zero-order valence-electron chi connectivity index (χ0n) is 13.7. The van der Waals surface area contributed by atoms with Crippen LogP contribution in [-0.4, -0.2) is 29.8 Å². The number of hydrogen-bond acceptors (Lipinski definition) is 5. The number of carbonyl (C=O) groups is 1. The SMILES string of the molecule is CC(C)S(=O)(=O)c1ccc(C(=O)Nc2cc(-c3cccs3)[nH]n2)cc1. The number of aromatic nitrogens is 2. The lowest BCUT2D eigenvalue weighted by Crippen LogP contribution is -2.15. The number of thiophene rings is 1. The van der Waals surface area contributed by atoms with Crippen LogP contribution in [0.1, 0.15) is 24.2 Å². The summed E-state index contributed by atoms with van der Waals surface area (Å²) >= 11 is 1.57. The summed E-state index contributed by atoms with van der Waals surface area (Å²) in [6, 6.07) is 11.5. The number of nitrogens with one attached hydrogen (secondary N) is 2. The molecule has 0 fully saturated rings. The molecule has 0 aliphatic rings. The molecule has 0 aliphatic carbocycles. The maximum atomic E-state index is 12.3. The molecule has 0 saturated carbocycles. The topological polar surface area (TPSA) is 91.9 Å². The molecule has 6 nitrogen and oxygen atoms in total. The van der Waals surface area contributed by atoms with E-state index in [1.54, 1.807) is 31.3 Å². The second-order valence-corrected chi connectivity index (χ2v) is 9.17. The molecule has 1 amide bonds. The van der Waals surface area contributed by atoms with Gasteiger partial charge in [-0.1, -0.05) is 6.07 Å². The normalized spacial score (nSPS) is 11.6. The molecule has 130 valence electrons. The third-order valence-electron chi connectivity index (χ3n) is 3.67.